The van der Waals surface area contributed by atoms with Crippen molar-refractivity contribution < 1.29 is 9.90 Å². The zero-order valence-electron chi connectivity index (χ0n) is 14.4. The SMILES string of the molecule is C/C(=C/C(=O)NCC(CC(C)O)c1ccccc1)C(C)(C)C. The van der Waals surface area contributed by atoms with E-state index in [4.69, 9.17) is 0 Å². The third-order valence-electron chi connectivity index (χ3n) is 3.95. The van der Waals surface area contributed by atoms with Crippen LogP contribution >= 0.6 is 0 Å². The van der Waals surface area contributed by atoms with Crippen LogP contribution in [0.25, 0.3) is 0 Å². The first kappa shape index (κ1) is 18.4. The first-order chi connectivity index (χ1) is 10.2. The topological polar surface area (TPSA) is 49.3 Å². The average molecular weight is 303 g/mol. The number of benzene rings is 1. The second-order valence-electron chi connectivity index (χ2n) is 7.01. The molecule has 22 heavy (non-hydrogen) atoms. The molecule has 0 aliphatic heterocycles. The fraction of sp³-hybridized carbons (Fsp3) is 0.526. The first-order valence-corrected chi connectivity index (χ1v) is 7.89. The lowest BCUT2D eigenvalue weighted by Crippen LogP contribution is -2.29. The summed E-state index contributed by atoms with van der Waals surface area (Å²) in [6, 6.07) is 10.0. The lowest BCUT2D eigenvalue weighted by atomic mass is 9.87. The number of hydrogen-bond acceptors (Lipinski definition) is 2. The fourth-order valence-electron chi connectivity index (χ4n) is 2.16. The van der Waals surface area contributed by atoms with Gasteiger partial charge in [-0.3, -0.25) is 4.79 Å². The Bertz CT molecular complexity index is 498. The summed E-state index contributed by atoms with van der Waals surface area (Å²) in [6.07, 6.45) is 1.91. The molecule has 2 atom stereocenters. The van der Waals surface area contributed by atoms with Crippen molar-refractivity contribution in [3.63, 3.8) is 0 Å². The van der Waals surface area contributed by atoms with E-state index in [1.165, 1.54) is 0 Å². The number of amides is 1. The quantitative estimate of drug-likeness (QED) is 0.788. The van der Waals surface area contributed by atoms with Gasteiger partial charge in [-0.15, -0.1) is 0 Å². The maximum atomic E-state index is 12.1. The number of carbonyl (C=O) groups excluding carboxylic acids is 1. The summed E-state index contributed by atoms with van der Waals surface area (Å²) in [5.74, 6) is 0.0486. The van der Waals surface area contributed by atoms with Gasteiger partial charge in [0.15, 0.2) is 0 Å². The van der Waals surface area contributed by atoms with E-state index in [2.05, 4.69) is 26.1 Å². The second kappa shape index (κ2) is 8.14. The third kappa shape index (κ3) is 6.44. The molecular formula is C19H29NO2. The maximum Gasteiger partial charge on any atom is 0.243 e. The van der Waals surface area contributed by atoms with Crippen LogP contribution in [0.5, 0.6) is 0 Å². The van der Waals surface area contributed by atoms with Crippen LogP contribution in [0.4, 0.5) is 0 Å². The van der Waals surface area contributed by atoms with Crippen LogP contribution in [0.1, 0.15) is 52.5 Å². The van der Waals surface area contributed by atoms with Crippen molar-refractivity contribution in [3.8, 4) is 0 Å². The Kier molecular flexibility index (Phi) is 6.82. The van der Waals surface area contributed by atoms with E-state index in [-0.39, 0.29) is 17.2 Å². The standard InChI is InChI=1S/C19H29NO2/c1-14(19(3,4)5)11-18(22)20-13-17(12-15(2)21)16-9-7-6-8-10-16/h6-11,15,17,21H,12-13H2,1-5H3,(H,20,22)/b14-11-. The smallest absolute Gasteiger partial charge is 0.243 e. The maximum absolute atomic E-state index is 12.1. The molecule has 0 aliphatic carbocycles. The van der Waals surface area contributed by atoms with E-state index in [0.717, 1.165) is 11.1 Å². The number of allylic oxidation sites excluding steroid dienone is 1. The van der Waals surface area contributed by atoms with Crippen LogP contribution in [0.2, 0.25) is 0 Å². The molecule has 0 saturated carbocycles. The summed E-state index contributed by atoms with van der Waals surface area (Å²) >= 11 is 0. The Balaban J connectivity index is 2.70. The van der Waals surface area contributed by atoms with Crippen LogP contribution in [0.3, 0.4) is 0 Å². The van der Waals surface area contributed by atoms with Crippen molar-refractivity contribution in [2.24, 2.45) is 5.41 Å². The van der Waals surface area contributed by atoms with E-state index in [1.54, 1.807) is 13.0 Å². The van der Waals surface area contributed by atoms with Crippen LogP contribution in [0.15, 0.2) is 42.0 Å². The normalized spacial score (nSPS) is 15.3. The van der Waals surface area contributed by atoms with Gasteiger partial charge in [0.1, 0.15) is 0 Å². The van der Waals surface area contributed by atoms with Gasteiger partial charge in [-0.1, -0.05) is 56.7 Å². The van der Waals surface area contributed by atoms with Gasteiger partial charge in [0.2, 0.25) is 5.91 Å². The zero-order chi connectivity index (χ0) is 16.8. The summed E-state index contributed by atoms with van der Waals surface area (Å²) in [6.45, 7) is 10.6. The fourth-order valence-corrected chi connectivity index (χ4v) is 2.16. The molecule has 122 valence electrons. The monoisotopic (exact) mass is 303 g/mol. The second-order valence-corrected chi connectivity index (χ2v) is 7.01. The molecule has 0 aliphatic rings. The van der Waals surface area contributed by atoms with Crippen molar-refractivity contribution in [2.75, 3.05) is 6.54 Å². The minimum absolute atomic E-state index is 0.00418. The van der Waals surface area contributed by atoms with Gasteiger partial charge in [0, 0.05) is 18.5 Å². The van der Waals surface area contributed by atoms with E-state index in [9.17, 15) is 9.90 Å². The molecule has 0 heterocycles. The molecule has 0 fully saturated rings. The number of rotatable bonds is 6. The highest BCUT2D eigenvalue weighted by molar-refractivity contribution is 5.88. The summed E-state index contributed by atoms with van der Waals surface area (Å²) in [5, 5.41) is 12.6. The highest BCUT2D eigenvalue weighted by atomic mass is 16.3. The minimum atomic E-state index is -0.394. The molecule has 0 aromatic heterocycles. The number of nitrogens with one attached hydrogen (secondary N) is 1. The average Bonchev–Trinajstić information content (AvgIpc) is 2.43. The van der Waals surface area contributed by atoms with Gasteiger partial charge in [-0.25, -0.2) is 0 Å². The van der Waals surface area contributed by atoms with Crippen LogP contribution in [-0.4, -0.2) is 23.7 Å². The van der Waals surface area contributed by atoms with E-state index in [0.29, 0.717) is 13.0 Å². The predicted octanol–water partition coefficient (Wildman–Crippen LogP) is 3.65. The van der Waals surface area contributed by atoms with Crippen LogP contribution < -0.4 is 5.32 Å². The number of aliphatic hydroxyl groups is 1. The highest BCUT2D eigenvalue weighted by Gasteiger charge is 2.16. The largest absolute Gasteiger partial charge is 0.393 e. The van der Waals surface area contributed by atoms with Gasteiger partial charge in [0.05, 0.1) is 6.10 Å². The molecule has 1 aromatic carbocycles. The van der Waals surface area contributed by atoms with Crippen LogP contribution in [0, 0.1) is 5.41 Å². The molecule has 0 spiro atoms. The van der Waals surface area contributed by atoms with Gasteiger partial charge in [-0.05, 0) is 31.2 Å². The molecule has 2 unspecified atom stereocenters. The Morgan fingerprint density at radius 3 is 2.36 bits per heavy atom. The molecule has 1 aromatic rings. The summed E-state index contributed by atoms with van der Waals surface area (Å²) in [7, 11) is 0. The Hall–Kier alpha value is -1.61. The summed E-state index contributed by atoms with van der Waals surface area (Å²) < 4.78 is 0. The molecule has 0 saturated heterocycles. The van der Waals surface area contributed by atoms with E-state index in [1.807, 2.05) is 37.3 Å². The molecule has 2 N–H and O–H groups in total. The lowest BCUT2D eigenvalue weighted by molar-refractivity contribution is -0.116. The van der Waals surface area contributed by atoms with Crippen molar-refractivity contribution in [2.45, 2.75) is 53.1 Å². The van der Waals surface area contributed by atoms with Gasteiger partial charge >= 0.3 is 0 Å². The molecule has 1 rings (SSSR count). The number of hydrogen-bond donors (Lipinski definition) is 2. The van der Waals surface area contributed by atoms with Crippen molar-refractivity contribution in [3.05, 3.63) is 47.5 Å². The predicted molar refractivity (Wildman–Crippen MR) is 91.7 cm³/mol. The van der Waals surface area contributed by atoms with Crippen molar-refractivity contribution in [1.29, 1.82) is 0 Å². The first-order valence-electron chi connectivity index (χ1n) is 7.89. The molecule has 3 nitrogen and oxygen atoms in total. The summed E-state index contributed by atoms with van der Waals surface area (Å²) in [4.78, 5) is 12.1. The molecule has 3 heteroatoms. The Labute approximate surface area is 134 Å². The Morgan fingerprint density at radius 2 is 1.86 bits per heavy atom. The van der Waals surface area contributed by atoms with Crippen molar-refractivity contribution >= 4 is 5.91 Å². The van der Waals surface area contributed by atoms with Gasteiger partial charge in [-0.2, -0.15) is 0 Å². The third-order valence-corrected chi connectivity index (χ3v) is 3.95. The molecule has 0 radical (unpaired) electrons. The minimum Gasteiger partial charge on any atom is -0.393 e. The van der Waals surface area contributed by atoms with E-state index < -0.39 is 6.10 Å². The van der Waals surface area contributed by atoms with Gasteiger partial charge in [0.25, 0.3) is 0 Å². The highest BCUT2D eigenvalue weighted by Crippen LogP contribution is 2.24. The lowest BCUT2D eigenvalue weighted by Gasteiger charge is -2.21. The van der Waals surface area contributed by atoms with Crippen molar-refractivity contribution in [1.82, 2.24) is 5.32 Å². The molecule has 0 bridgehead atoms. The molecule has 1 amide bonds. The van der Waals surface area contributed by atoms with Crippen LogP contribution in [-0.2, 0) is 4.79 Å². The Morgan fingerprint density at radius 1 is 1.27 bits per heavy atom. The summed E-state index contributed by atoms with van der Waals surface area (Å²) in [5.41, 5.74) is 2.19. The van der Waals surface area contributed by atoms with E-state index >= 15 is 0 Å². The van der Waals surface area contributed by atoms with Gasteiger partial charge < -0.3 is 10.4 Å². The number of aliphatic hydroxyl groups excluding tert-OH is 1. The number of carbonyl (C=O) groups is 1. The molecular weight excluding hydrogens is 274 g/mol. The zero-order valence-corrected chi connectivity index (χ0v) is 14.4.